The lowest BCUT2D eigenvalue weighted by Gasteiger charge is -2.11. The van der Waals surface area contributed by atoms with Gasteiger partial charge in [0.05, 0.1) is 23.2 Å². The van der Waals surface area contributed by atoms with Crippen molar-refractivity contribution in [1.82, 2.24) is 0 Å². The van der Waals surface area contributed by atoms with Gasteiger partial charge < -0.3 is 10.5 Å². The molecule has 0 heterocycles. The number of carbonyl (C=O) groups is 1. The van der Waals surface area contributed by atoms with E-state index in [1.165, 1.54) is 25.3 Å². The third-order valence-corrected chi connectivity index (χ3v) is 2.14. The van der Waals surface area contributed by atoms with Gasteiger partial charge in [0, 0.05) is 12.1 Å². The normalized spacial score (nSPS) is 11.9. The van der Waals surface area contributed by atoms with Crippen molar-refractivity contribution >= 4 is 11.7 Å². The Morgan fingerprint density at radius 1 is 1.56 bits per heavy atom. The van der Waals surface area contributed by atoms with Crippen LogP contribution in [0.2, 0.25) is 0 Å². The zero-order valence-electron chi connectivity index (χ0n) is 8.97. The number of nitro groups is 1. The van der Waals surface area contributed by atoms with E-state index in [0.29, 0.717) is 0 Å². The first-order valence-corrected chi connectivity index (χ1v) is 4.60. The van der Waals surface area contributed by atoms with Gasteiger partial charge in [-0.15, -0.1) is 0 Å². The minimum Gasteiger partial charge on any atom is -0.465 e. The van der Waals surface area contributed by atoms with Gasteiger partial charge in [-0.2, -0.15) is 0 Å². The van der Waals surface area contributed by atoms with Crippen LogP contribution in [0.1, 0.15) is 28.9 Å². The monoisotopic (exact) mass is 224 g/mol. The lowest BCUT2D eigenvalue weighted by atomic mass is 10.00. The van der Waals surface area contributed by atoms with E-state index in [2.05, 4.69) is 4.74 Å². The molecule has 0 aliphatic heterocycles. The number of methoxy groups -OCH3 is 1. The van der Waals surface area contributed by atoms with Crippen molar-refractivity contribution in [2.24, 2.45) is 5.73 Å². The third kappa shape index (κ3) is 2.17. The molecule has 0 radical (unpaired) electrons. The molecule has 1 aromatic carbocycles. The number of hydrogen-bond donors (Lipinski definition) is 1. The molecule has 1 unspecified atom stereocenters. The Balaban J connectivity index is 3.44. The molecule has 0 amide bonds. The number of ether oxygens (including phenoxy) is 1. The van der Waals surface area contributed by atoms with Crippen LogP contribution in [0.5, 0.6) is 0 Å². The summed E-state index contributed by atoms with van der Waals surface area (Å²) in [6, 6.07) is 3.58. The average molecular weight is 224 g/mol. The topological polar surface area (TPSA) is 95.5 Å². The smallest absolute Gasteiger partial charge is 0.338 e. The molecule has 6 nitrogen and oxygen atoms in total. The third-order valence-electron chi connectivity index (χ3n) is 2.14. The Morgan fingerprint density at radius 3 is 2.62 bits per heavy atom. The molecule has 0 bridgehead atoms. The fourth-order valence-corrected chi connectivity index (χ4v) is 1.48. The molecule has 0 aliphatic carbocycles. The first kappa shape index (κ1) is 12.1. The van der Waals surface area contributed by atoms with Crippen molar-refractivity contribution in [2.75, 3.05) is 7.11 Å². The largest absolute Gasteiger partial charge is 0.465 e. The minimum atomic E-state index is -0.629. The van der Waals surface area contributed by atoms with Crippen LogP contribution in [-0.2, 0) is 4.74 Å². The Labute approximate surface area is 92.2 Å². The highest BCUT2D eigenvalue weighted by Crippen LogP contribution is 2.27. The zero-order chi connectivity index (χ0) is 12.3. The van der Waals surface area contributed by atoms with Gasteiger partial charge in [-0.05, 0) is 13.0 Å². The van der Waals surface area contributed by atoms with Crippen LogP contribution < -0.4 is 5.73 Å². The van der Waals surface area contributed by atoms with Crippen LogP contribution in [0.3, 0.4) is 0 Å². The highest BCUT2D eigenvalue weighted by atomic mass is 16.6. The van der Waals surface area contributed by atoms with Crippen molar-refractivity contribution in [2.45, 2.75) is 13.0 Å². The van der Waals surface area contributed by atoms with Crippen molar-refractivity contribution in [3.05, 3.63) is 39.4 Å². The summed E-state index contributed by atoms with van der Waals surface area (Å²) in [6.07, 6.45) is 0. The summed E-state index contributed by atoms with van der Waals surface area (Å²) in [6.45, 7) is 1.58. The van der Waals surface area contributed by atoms with E-state index in [1.807, 2.05) is 0 Å². The lowest BCUT2D eigenvalue weighted by Crippen LogP contribution is -2.15. The molecule has 1 atom stereocenters. The summed E-state index contributed by atoms with van der Waals surface area (Å²) in [5.41, 5.74) is 5.79. The lowest BCUT2D eigenvalue weighted by molar-refractivity contribution is -0.385. The minimum absolute atomic E-state index is 0.131. The summed E-state index contributed by atoms with van der Waals surface area (Å²) in [4.78, 5) is 21.6. The van der Waals surface area contributed by atoms with Crippen molar-refractivity contribution in [3.63, 3.8) is 0 Å². The second-order valence-corrected chi connectivity index (χ2v) is 3.28. The maximum absolute atomic E-state index is 11.4. The molecule has 86 valence electrons. The van der Waals surface area contributed by atoms with Crippen LogP contribution in [0.15, 0.2) is 18.2 Å². The van der Waals surface area contributed by atoms with Gasteiger partial charge in [0.25, 0.3) is 5.69 Å². The first-order chi connectivity index (χ1) is 7.49. The van der Waals surface area contributed by atoms with E-state index in [-0.39, 0.29) is 16.8 Å². The summed E-state index contributed by atoms with van der Waals surface area (Å²) >= 11 is 0. The number of hydrogen-bond acceptors (Lipinski definition) is 5. The Morgan fingerprint density at radius 2 is 2.19 bits per heavy atom. The molecule has 16 heavy (non-hydrogen) atoms. The van der Waals surface area contributed by atoms with Gasteiger partial charge in [-0.25, -0.2) is 4.79 Å². The van der Waals surface area contributed by atoms with Gasteiger partial charge in [0.1, 0.15) is 0 Å². The molecule has 0 fully saturated rings. The van der Waals surface area contributed by atoms with Crippen molar-refractivity contribution in [3.8, 4) is 0 Å². The molecule has 6 heteroatoms. The van der Waals surface area contributed by atoms with Gasteiger partial charge >= 0.3 is 5.97 Å². The number of nitro benzene ring substituents is 1. The van der Waals surface area contributed by atoms with Gasteiger partial charge in [0.15, 0.2) is 0 Å². The maximum atomic E-state index is 11.4. The van der Waals surface area contributed by atoms with Crippen molar-refractivity contribution in [1.29, 1.82) is 0 Å². The molecule has 0 spiro atoms. The number of carbonyl (C=O) groups excluding carboxylic acids is 1. The molecular formula is C10H12N2O4. The highest BCUT2D eigenvalue weighted by Gasteiger charge is 2.24. The average Bonchev–Trinajstić information content (AvgIpc) is 2.26. The van der Waals surface area contributed by atoms with E-state index in [4.69, 9.17) is 5.73 Å². The van der Waals surface area contributed by atoms with E-state index >= 15 is 0 Å². The number of nitrogens with zero attached hydrogens (tertiary/aromatic N) is 1. The molecular weight excluding hydrogens is 212 g/mol. The Bertz CT molecular complexity index is 429. The molecule has 0 saturated carbocycles. The molecule has 0 saturated heterocycles. The second-order valence-electron chi connectivity index (χ2n) is 3.28. The number of esters is 1. The molecule has 1 aromatic rings. The van der Waals surface area contributed by atoms with Gasteiger partial charge in [0.2, 0.25) is 0 Å². The molecule has 2 N–H and O–H groups in total. The first-order valence-electron chi connectivity index (χ1n) is 4.60. The summed E-state index contributed by atoms with van der Waals surface area (Å²) in [5.74, 6) is -0.629. The standard InChI is InChI=1S/C10H12N2O4/c1-6(11)9-7(10(13)16-2)4-3-5-8(9)12(14)15/h3-6H,11H2,1-2H3. The van der Waals surface area contributed by atoms with Crippen LogP contribution >= 0.6 is 0 Å². The zero-order valence-corrected chi connectivity index (χ0v) is 8.97. The summed E-state index contributed by atoms with van der Waals surface area (Å²) < 4.78 is 4.54. The number of nitrogens with two attached hydrogens (primary N) is 1. The van der Waals surface area contributed by atoms with Crippen molar-refractivity contribution < 1.29 is 14.5 Å². The fraction of sp³-hybridized carbons (Fsp3) is 0.300. The summed E-state index contributed by atoms with van der Waals surface area (Å²) in [5, 5.41) is 10.8. The predicted octanol–water partition coefficient (Wildman–Crippen LogP) is 1.40. The van der Waals surface area contributed by atoms with E-state index in [9.17, 15) is 14.9 Å². The molecule has 1 rings (SSSR count). The Hall–Kier alpha value is -1.95. The van der Waals surface area contributed by atoms with E-state index in [1.54, 1.807) is 6.92 Å². The van der Waals surface area contributed by atoms with Crippen LogP contribution in [0.25, 0.3) is 0 Å². The molecule has 0 aliphatic rings. The quantitative estimate of drug-likeness (QED) is 0.475. The van der Waals surface area contributed by atoms with Gasteiger partial charge in [-0.3, -0.25) is 10.1 Å². The van der Waals surface area contributed by atoms with Gasteiger partial charge in [-0.1, -0.05) is 6.07 Å². The predicted molar refractivity (Wildman–Crippen MR) is 57.0 cm³/mol. The van der Waals surface area contributed by atoms with Crippen LogP contribution in [0.4, 0.5) is 5.69 Å². The van der Waals surface area contributed by atoms with E-state index < -0.39 is 16.9 Å². The SMILES string of the molecule is COC(=O)c1cccc([N+](=O)[O-])c1C(C)N. The van der Waals surface area contributed by atoms with Crippen LogP contribution in [-0.4, -0.2) is 18.0 Å². The second kappa shape index (κ2) is 4.71. The summed E-state index contributed by atoms with van der Waals surface area (Å²) in [7, 11) is 1.21. The highest BCUT2D eigenvalue weighted by molar-refractivity contribution is 5.92. The maximum Gasteiger partial charge on any atom is 0.338 e. The van der Waals surface area contributed by atoms with E-state index in [0.717, 1.165) is 0 Å². The molecule has 0 aromatic heterocycles. The number of rotatable bonds is 3. The number of benzene rings is 1. The Kier molecular flexibility index (Phi) is 3.57. The van der Waals surface area contributed by atoms with Crippen LogP contribution in [0, 0.1) is 10.1 Å². The fourth-order valence-electron chi connectivity index (χ4n) is 1.48.